The van der Waals surface area contributed by atoms with Crippen LogP contribution in [-0.4, -0.2) is 41.8 Å². The molecule has 0 saturated carbocycles. The molecule has 4 heteroatoms. The van der Waals surface area contributed by atoms with E-state index in [2.05, 4.69) is 11.8 Å². The van der Waals surface area contributed by atoms with Crippen LogP contribution in [0, 0.1) is 0 Å². The van der Waals surface area contributed by atoms with E-state index in [0.717, 1.165) is 6.54 Å². The van der Waals surface area contributed by atoms with E-state index in [-0.39, 0.29) is 6.61 Å². The maximum absolute atomic E-state index is 10.1. The zero-order chi connectivity index (χ0) is 13.7. The van der Waals surface area contributed by atoms with E-state index < -0.39 is 6.10 Å². The van der Waals surface area contributed by atoms with Crippen molar-refractivity contribution in [1.82, 2.24) is 4.90 Å². The number of aliphatic hydroxyl groups is 1. The highest BCUT2D eigenvalue weighted by Gasteiger charge is 2.21. The van der Waals surface area contributed by atoms with Gasteiger partial charge in [-0.05, 0) is 38.4 Å². The van der Waals surface area contributed by atoms with Crippen LogP contribution in [0.2, 0.25) is 5.02 Å². The average molecular weight is 284 g/mol. The van der Waals surface area contributed by atoms with Gasteiger partial charge in [-0.15, -0.1) is 0 Å². The molecule has 19 heavy (non-hydrogen) atoms. The Balaban J connectivity index is 1.78. The molecule has 0 bridgehead atoms. The summed E-state index contributed by atoms with van der Waals surface area (Å²) >= 11 is 6.01. The zero-order valence-corrected chi connectivity index (χ0v) is 12.1. The Morgan fingerprint density at radius 1 is 1.42 bits per heavy atom. The molecule has 0 unspecified atom stereocenters. The molecule has 3 nitrogen and oxygen atoms in total. The number of hydrogen-bond acceptors (Lipinski definition) is 3. The fraction of sp³-hybridized carbons (Fsp3) is 0.600. The van der Waals surface area contributed by atoms with Crippen LogP contribution in [-0.2, 0) is 0 Å². The average Bonchev–Trinajstić information content (AvgIpc) is 2.40. The first-order chi connectivity index (χ1) is 9.16. The summed E-state index contributed by atoms with van der Waals surface area (Å²) in [6.45, 7) is 4.25. The fourth-order valence-electron chi connectivity index (χ4n) is 2.50. The number of halogens is 1. The fourth-order valence-corrected chi connectivity index (χ4v) is 2.69. The number of ether oxygens (including phenoxy) is 1. The summed E-state index contributed by atoms with van der Waals surface area (Å²) < 4.78 is 5.57. The van der Waals surface area contributed by atoms with Crippen LogP contribution in [0.5, 0.6) is 5.75 Å². The summed E-state index contributed by atoms with van der Waals surface area (Å²) in [4.78, 5) is 2.34. The van der Waals surface area contributed by atoms with Crippen molar-refractivity contribution in [2.45, 2.75) is 38.3 Å². The van der Waals surface area contributed by atoms with Crippen molar-refractivity contribution in [2.75, 3.05) is 19.7 Å². The van der Waals surface area contributed by atoms with Gasteiger partial charge in [-0.25, -0.2) is 0 Å². The van der Waals surface area contributed by atoms with Gasteiger partial charge < -0.3 is 9.84 Å². The van der Waals surface area contributed by atoms with E-state index in [1.807, 2.05) is 18.2 Å². The van der Waals surface area contributed by atoms with Gasteiger partial charge in [0.2, 0.25) is 0 Å². The molecule has 2 rings (SSSR count). The highest BCUT2D eigenvalue weighted by atomic mass is 35.5. The van der Waals surface area contributed by atoms with E-state index in [4.69, 9.17) is 16.3 Å². The highest BCUT2D eigenvalue weighted by Crippen LogP contribution is 2.23. The van der Waals surface area contributed by atoms with Gasteiger partial charge in [0.15, 0.2) is 0 Å². The molecule has 1 heterocycles. The maximum Gasteiger partial charge on any atom is 0.138 e. The predicted molar refractivity (Wildman–Crippen MR) is 77.8 cm³/mol. The lowest BCUT2D eigenvalue weighted by Gasteiger charge is -2.34. The molecule has 2 atom stereocenters. The summed E-state index contributed by atoms with van der Waals surface area (Å²) in [5, 5.41) is 10.6. The Kier molecular flexibility index (Phi) is 5.49. The van der Waals surface area contributed by atoms with Gasteiger partial charge >= 0.3 is 0 Å². The Labute approximate surface area is 120 Å². The van der Waals surface area contributed by atoms with E-state index in [0.29, 0.717) is 23.4 Å². The van der Waals surface area contributed by atoms with Gasteiger partial charge in [0.25, 0.3) is 0 Å². The molecule has 106 valence electrons. The van der Waals surface area contributed by atoms with Crippen LogP contribution in [0.4, 0.5) is 0 Å². The zero-order valence-electron chi connectivity index (χ0n) is 11.4. The standard InChI is InChI=1S/C15H22ClNO2/c1-12-6-4-5-9-17(12)10-13(18)11-19-15-8-3-2-7-14(15)16/h2-3,7-8,12-13,18H,4-6,9-11H2,1H3/t12-,13-/m1/s1. The second-order valence-corrected chi connectivity index (χ2v) is 5.64. The lowest BCUT2D eigenvalue weighted by atomic mass is 10.0. The SMILES string of the molecule is C[C@@H]1CCCCN1C[C@@H](O)COc1ccccc1Cl. The van der Waals surface area contributed by atoms with Crippen LogP contribution in [0.3, 0.4) is 0 Å². The molecule has 1 N–H and O–H groups in total. The number of β-amino-alcohol motifs (C(OH)–C–C–N with tert-alkyl or cyclic N) is 1. The summed E-state index contributed by atoms with van der Waals surface area (Å²) in [7, 11) is 0. The third kappa shape index (κ3) is 4.37. The third-order valence-electron chi connectivity index (χ3n) is 3.65. The van der Waals surface area contributed by atoms with Crippen LogP contribution < -0.4 is 4.74 Å². The number of hydrogen-bond donors (Lipinski definition) is 1. The third-order valence-corrected chi connectivity index (χ3v) is 3.97. The van der Waals surface area contributed by atoms with Crippen molar-refractivity contribution in [2.24, 2.45) is 0 Å². The van der Waals surface area contributed by atoms with Crippen molar-refractivity contribution in [3.63, 3.8) is 0 Å². The number of para-hydroxylation sites is 1. The Hall–Kier alpha value is -0.770. The first-order valence-corrected chi connectivity index (χ1v) is 7.34. The van der Waals surface area contributed by atoms with E-state index in [1.165, 1.54) is 19.3 Å². The Morgan fingerprint density at radius 2 is 2.21 bits per heavy atom. The molecule has 1 aromatic rings. The van der Waals surface area contributed by atoms with Crippen molar-refractivity contribution < 1.29 is 9.84 Å². The largest absolute Gasteiger partial charge is 0.489 e. The van der Waals surface area contributed by atoms with Gasteiger partial charge in [-0.1, -0.05) is 30.2 Å². The lowest BCUT2D eigenvalue weighted by molar-refractivity contribution is 0.0438. The summed E-state index contributed by atoms with van der Waals surface area (Å²) in [5.41, 5.74) is 0. The van der Waals surface area contributed by atoms with Gasteiger partial charge in [0.1, 0.15) is 18.5 Å². The molecule has 0 amide bonds. The maximum atomic E-state index is 10.1. The topological polar surface area (TPSA) is 32.7 Å². The molecule has 0 spiro atoms. The quantitative estimate of drug-likeness (QED) is 0.902. The lowest BCUT2D eigenvalue weighted by Crippen LogP contribution is -2.43. The summed E-state index contributed by atoms with van der Waals surface area (Å²) in [6.07, 6.45) is 3.27. The Morgan fingerprint density at radius 3 is 2.95 bits per heavy atom. The normalized spacial score (nSPS) is 22.2. The number of aliphatic hydroxyl groups excluding tert-OH is 1. The van der Waals surface area contributed by atoms with Crippen LogP contribution in [0.25, 0.3) is 0 Å². The second kappa shape index (κ2) is 7.13. The number of rotatable bonds is 5. The first kappa shape index (κ1) is 14.6. The van der Waals surface area contributed by atoms with Crippen molar-refractivity contribution in [1.29, 1.82) is 0 Å². The number of benzene rings is 1. The van der Waals surface area contributed by atoms with Crippen LogP contribution in [0.1, 0.15) is 26.2 Å². The van der Waals surface area contributed by atoms with Crippen molar-refractivity contribution in [3.8, 4) is 5.75 Å². The molecular weight excluding hydrogens is 262 g/mol. The molecule has 1 aliphatic rings. The predicted octanol–water partition coefficient (Wildman–Crippen LogP) is 2.95. The van der Waals surface area contributed by atoms with Gasteiger partial charge in [0, 0.05) is 12.6 Å². The van der Waals surface area contributed by atoms with Crippen molar-refractivity contribution in [3.05, 3.63) is 29.3 Å². The minimum absolute atomic E-state index is 0.285. The van der Waals surface area contributed by atoms with Crippen LogP contribution >= 0.6 is 11.6 Å². The van der Waals surface area contributed by atoms with Gasteiger partial charge in [-0.3, -0.25) is 4.90 Å². The summed E-state index contributed by atoms with van der Waals surface area (Å²) in [6, 6.07) is 7.90. The minimum atomic E-state index is -0.475. The first-order valence-electron chi connectivity index (χ1n) is 6.96. The number of nitrogens with zero attached hydrogens (tertiary/aromatic N) is 1. The molecule has 0 aliphatic carbocycles. The number of likely N-dealkylation sites (tertiary alicyclic amines) is 1. The number of piperidine rings is 1. The highest BCUT2D eigenvalue weighted by molar-refractivity contribution is 6.32. The smallest absolute Gasteiger partial charge is 0.138 e. The second-order valence-electron chi connectivity index (χ2n) is 5.23. The molecule has 1 fully saturated rings. The van der Waals surface area contributed by atoms with Crippen molar-refractivity contribution >= 4 is 11.6 Å². The van der Waals surface area contributed by atoms with E-state index >= 15 is 0 Å². The van der Waals surface area contributed by atoms with E-state index in [9.17, 15) is 5.11 Å². The van der Waals surface area contributed by atoms with Crippen LogP contribution in [0.15, 0.2) is 24.3 Å². The van der Waals surface area contributed by atoms with Gasteiger partial charge in [-0.2, -0.15) is 0 Å². The molecular formula is C15H22ClNO2. The molecule has 1 aliphatic heterocycles. The molecule has 1 saturated heterocycles. The van der Waals surface area contributed by atoms with Gasteiger partial charge in [0.05, 0.1) is 5.02 Å². The Bertz CT molecular complexity index is 399. The summed E-state index contributed by atoms with van der Waals surface area (Å²) in [5.74, 6) is 0.634. The molecule has 0 aromatic heterocycles. The minimum Gasteiger partial charge on any atom is -0.489 e. The molecule has 1 aromatic carbocycles. The monoisotopic (exact) mass is 283 g/mol. The molecule has 0 radical (unpaired) electrons. The van der Waals surface area contributed by atoms with E-state index in [1.54, 1.807) is 6.07 Å².